The van der Waals surface area contributed by atoms with E-state index in [0.29, 0.717) is 12.1 Å². The van der Waals surface area contributed by atoms with Crippen molar-refractivity contribution in [3.8, 4) is 5.75 Å². The number of ether oxygens (including phenoxy) is 1. The van der Waals surface area contributed by atoms with E-state index in [4.69, 9.17) is 9.94 Å². The van der Waals surface area contributed by atoms with Crippen molar-refractivity contribution in [2.45, 2.75) is 26.4 Å². The van der Waals surface area contributed by atoms with Crippen LogP contribution in [0, 0.1) is 0 Å². The second-order valence-electron chi connectivity index (χ2n) is 4.83. The molecule has 3 nitrogen and oxygen atoms in total. The lowest BCUT2D eigenvalue weighted by atomic mass is 10.1. The van der Waals surface area contributed by atoms with Gasteiger partial charge in [-0.05, 0) is 37.1 Å². The van der Waals surface area contributed by atoms with E-state index in [9.17, 15) is 0 Å². The number of benzene rings is 2. The minimum absolute atomic E-state index is 0.0165. The highest BCUT2D eigenvalue weighted by atomic mass is 16.5. The molecule has 0 aromatic heterocycles. The SMILES string of the molecule is C/C(Cc1ccc(OC(C)c2ccccc2)cc1)=N\O. The Morgan fingerprint density at radius 3 is 2.35 bits per heavy atom. The van der Waals surface area contributed by atoms with Gasteiger partial charge in [0.15, 0.2) is 0 Å². The third-order valence-electron chi connectivity index (χ3n) is 3.14. The number of hydrogen-bond donors (Lipinski definition) is 1. The van der Waals surface area contributed by atoms with Crippen LogP contribution in [0.1, 0.15) is 31.1 Å². The van der Waals surface area contributed by atoms with Gasteiger partial charge in [-0.25, -0.2) is 0 Å². The normalized spacial score (nSPS) is 13.0. The smallest absolute Gasteiger partial charge is 0.121 e. The number of rotatable bonds is 5. The molecule has 1 unspecified atom stereocenters. The fourth-order valence-corrected chi connectivity index (χ4v) is 2.01. The van der Waals surface area contributed by atoms with Crippen LogP contribution in [0.2, 0.25) is 0 Å². The molecule has 0 aliphatic heterocycles. The Hall–Kier alpha value is -2.29. The molecule has 0 heterocycles. The van der Waals surface area contributed by atoms with Gasteiger partial charge in [0.05, 0.1) is 5.71 Å². The molecule has 0 aliphatic rings. The molecule has 0 radical (unpaired) electrons. The fraction of sp³-hybridized carbons (Fsp3) is 0.235. The van der Waals surface area contributed by atoms with Crippen LogP contribution in [-0.2, 0) is 6.42 Å². The molecule has 0 aliphatic carbocycles. The topological polar surface area (TPSA) is 41.8 Å². The van der Waals surface area contributed by atoms with Gasteiger partial charge >= 0.3 is 0 Å². The first-order valence-electron chi connectivity index (χ1n) is 6.67. The lowest BCUT2D eigenvalue weighted by Gasteiger charge is -2.15. The quantitative estimate of drug-likeness (QED) is 0.501. The highest BCUT2D eigenvalue weighted by molar-refractivity contribution is 5.83. The van der Waals surface area contributed by atoms with E-state index in [0.717, 1.165) is 16.9 Å². The number of oxime groups is 1. The zero-order chi connectivity index (χ0) is 14.4. The summed E-state index contributed by atoms with van der Waals surface area (Å²) in [6.07, 6.45) is 0.660. The Labute approximate surface area is 119 Å². The van der Waals surface area contributed by atoms with Gasteiger partial charge in [0.25, 0.3) is 0 Å². The van der Waals surface area contributed by atoms with Crippen molar-refractivity contribution in [2.24, 2.45) is 5.16 Å². The van der Waals surface area contributed by atoms with Crippen LogP contribution in [0.15, 0.2) is 59.8 Å². The molecule has 0 spiro atoms. The lowest BCUT2D eigenvalue weighted by Crippen LogP contribution is -2.03. The van der Waals surface area contributed by atoms with Crippen molar-refractivity contribution in [3.63, 3.8) is 0 Å². The Bertz CT molecular complexity index is 561. The molecule has 0 fully saturated rings. The number of hydrogen-bond acceptors (Lipinski definition) is 3. The minimum atomic E-state index is 0.0165. The molecule has 20 heavy (non-hydrogen) atoms. The third kappa shape index (κ3) is 3.85. The summed E-state index contributed by atoms with van der Waals surface area (Å²) in [4.78, 5) is 0. The highest BCUT2D eigenvalue weighted by Crippen LogP contribution is 2.22. The predicted octanol–water partition coefficient (Wildman–Crippen LogP) is 4.22. The molecular formula is C17H19NO2. The van der Waals surface area contributed by atoms with Crippen LogP contribution in [-0.4, -0.2) is 10.9 Å². The second kappa shape index (κ2) is 6.75. The standard InChI is InChI=1S/C17H19NO2/c1-13(18-19)12-15-8-10-17(11-9-15)20-14(2)16-6-4-3-5-7-16/h3-11,14,19H,12H2,1-2H3/b18-13+. The Morgan fingerprint density at radius 1 is 1.10 bits per heavy atom. The summed E-state index contributed by atoms with van der Waals surface area (Å²) in [6, 6.07) is 18.0. The summed E-state index contributed by atoms with van der Waals surface area (Å²) in [6.45, 7) is 3.83. The molecule has 0 saturated heterocycles. The van der Waals surface area contributed by atoms with Crippen molar-refractivity contribution in [1.82, 2.24) is 0 Å². The molecular weight excluding hydrogens is 250 g/mol. The van der Waals surface area contributed by atoms with Gasteiger partial charge < -0.3 is 9.94 Å². The van der Waals surface area contributed by atoms with Crippen molar-refractivity contribution >= 4 is 5.71 Å². The van der Waals surface area contributed by atoms with Gasteiger partial charge in [-0.3, -0.25) is 0 Å². The van der Waals surface area contributed by atoms with Crippen LogP contribution in [0.25, 0.3) is 0 Å². The summed E-state index contributed by atoms with van der Waals surface area (Å²) >= 11 is 0. The molecule has 104 valence electrons. The minimum Gasteiger partial charge on any atom is -0.486 e. The van der Waals surface area contributed by atoms with Gasteiger partial charge in [-0.15, -0.1) is 0 Å². The first-order valence-corrected chi connectivity index (χ1v) is 6.67. The zero-order valence-corrected chi connectivity index (χ0v) is 11.8. The lowest BCUT2D eigenvalue weighted by molar-refractivity contribution is 0.227. The largest absolute Gasteiger partial charge is 0.486 e. The molecule has 2 aromatic carbocycles. The Balaban J connectivity index is 2.00. The van der Waals surface area contributed by atoms with Gasteiger partial charge in [-0.1, -0.05) is 47.6 Å². The first-order chi connectivity index (χ1) is 9.69. The predicted molar refractivity (Wildman–Crippen MR) is 80.5 cm³/mol. The van der Waals surface area contributed by atoms with Crippen LogP contribution in [0.3, 0.4) is 0 Å². The van der Waals surface area contributed by atoms with Crippen molar-refractivity contribution in [1.29, 1.82) is 0 Å². The Morgan fingerprint density at radius 2 is 1.75 bits per heavy atom. The highest BCUT2D eigenvalue weighted by Gasteiger charge is 2.06. The van der Waals surface area contributed by atoms with Crippen molar-refractivity contribution < 1.29 is 9.94 Å². The average Bonchev–Trinajstić information content (AvgIpc) is 2.50. The molecule has 0 saturated carbocycles. The van der Waals surface area contributed by atoms with E-state index < -0.39 is 0 Å². The van der Waals surface area contributed by atoms with Crippen LogP contribution < -0.4 is 4.74 Å². The maximum absolute atomic E-state index is 8.66. The summed E-state index contributed by atoms with van der Waals surface area (Å²) < 4.78 is 5.91. The van der Waals surface area contributed by atoms with Gasteiger partial charge in [-0.2, -0.15) is 0 Å². The summed E-state index contributed by atoms with van der Waals surface area (Å²) in [7, 11) is 0. The summed E-state index contributed by atoms with van der Waals surface area (Å²) in [5, 5.41) is 11.8. The third-order valence-corrected chi connectivity index (χ3v) is 3.14. The Kier molecular flexibility index (Phi) is 4.77. The fourth-order valence-electron chi connectivity index (χ4n) is 2.01. The first kappa shape index (κ1) is 14.1. The monoisotopic (exact) mass is 269 g/mol. The molecule has 2 rings (SSSR count). The summed E-state index contributed by atoms with van der Waals surface area (Å²) in [5.74, 6) is 0.837. The van der Waals surface area contributed by atoms with E-state index in [-0.39, 0.29) is 6.10 Å². The number of nitrogens with zero attached hydrogens (tertiary/aromatic N) is 1. The van der Waals surface area contributed by atoms with E-state index in [1.54, 1.807) is 6.92 Å². The second-order valence-corrected chi connectivity index (χ2v) is 4.83. The molecule has 1 N–H and O–H groups in total. The molecule has 0 bridgehead atoms. The average molecular weight is 269 g/mol. The van der Waals surface area contributed by atoms with E-state index >= 15 is 0 Å². The van der Waals surface area contributed by atoms with Crippen LogP contribution >= 0.6 is 0 Å². The van der Waals surface area contributed by atoms with Gasteiger partial charge in [0.2, 0.25) is 0 Å². The summed E-state index contributed by atoms with van der Waals surface area (Å²) in [5.41, 5.74) is 2.94. The van der Waals surface area contributed by atoms with E-state index in [2.05, 4.69) is 17.3 Å². The molecule has 3 heteroatoms. The van der Waals surface area contributed by atoms with Crippen molar-refractivity contribution in [3.05, 3.63) is 65.7 Å². The molecule has 0 amide bonds. The van der Waals surface area contributed by atoms with Gasteiger partial charge in [0.1, 0.15) is 11.9 Å². The van der Waals surface area contributed by atoms with Crippen molar-refractivity contribution in [2.75, 3.05) is 0 Å². The maximum atomic E-state index is 8.66. The van der Waals surface area contributed by atoms with Crippen LogP contribution in [0.5, 0.6) is 5.75 Å². The van der Waals surface area contributed by atoms with Crippen LogP contribution in [0.4, 0.5) is 0 Å². The van der Waals surface area contributed by atoms with E-state index in [1.165, 1.54) is 0 Å². The maximum Gasteiger partial charge on any atom is 0.121 e. The molecule has 1 atom stereocenters. The zero-order valence-electron chi connectivity index (χ0n) is 11.8. The van der Waals surface area contributed by atoms with Gasteiger partial charge in [0, 0.05) is 6.42 Å². The molecule has 2 aromatic rings. The van der Waals surface area contributed by atoms with E-state index in [1.807, 2.05) is 49.4 Å².